The third-order valence-electron chi connectivity index (χ3n) is 4.71. The van der Waals surface area contributed by atoms with Crippen molar-refractivity contribution in [2.75, 3.05) is 13.1 Å². The van der Waals surface area contributed by atoms with Gasteiger partial charge in [-0.2, -0.15) is 0 Å². The second-order valence-electron chi connectivity index (χ2n) is 6.62. The van der Waals surface area contributed by atoms with Gasteiger partial charge in [0.15, 0.2) is 0 Å². The van der Waals surface area contributed by atoms with Crippen molar-refractivity contribution in [3.63, 3.8) is 0 Å². The molecule has 1 aliphatic heterocycles. The molecule has 1 aliphatic rings. The van der Waals surface area contributed by atoms with E-state index in [0.717, 1.165) is 43.0 Å². The molecule has 3 rings (SSSR count). The van der Waals surface area contributed by atoms with Gasteiger partial charge in [-0.15, -0.1) is 0 Å². The molecule has 0 unspecified atom stereocenters. The van der Waals surface area contributed by atoms with Gasteiger partial charge in [0.05, 0.1) is 18.8 Å². The summed E-state index contributed by atoms with van der Waals surface area (Å²) >= 11 is 0. The molecule has 1 atom stereocenters. The number of nitrogens with zero attached hydrogens (tertiary/aromatic N) is 2. The molecular weight excluding hydrogens is 321 g/mol. The molecule has 134 valence electrons. The summed E-state index contributed by atoms with van der Waals surface area (Å²) in [4.78, 5) is 21.2. The van der Waals surface area contributed by atoms with E-state index in [1.165, 1.54) is 18.2 Å². The first-order valence-corrected chi connectivity index (χ1v) is 8.69. The Balaban J connectivity index is 1.51. The number of H-pyrrole nitrogens is 1. The Hall–Kier alpha value is -2.05. The Bertz CT molecular complexity index is 752. The number of hydrogen-bond acceptors (Lipinski definition) is 4. The third kappa shape index (κ3) is 4.74. The van der Waals surface area contributed by atoms with E-state index >= 15 is 0 Å². The SMILES string of the molecule is Cc1cc(=O)[nH]c([C@@H](C)N2CCC(OCc3ccc(F)cc3)CC2)n1. The second-order valence-corrected chi connectivity index (χ2v) is 6.62. The molecule has 6 heteroatoms. The van der Waals surface area contributed by atoms with Gasteiger partial charge >= 0.3 is 0 Å². The van der Waals surface area contributed by atoms with E-state index in [4.69, 9.17) is 4.74 Å². The van der Waals surface area contributed by atoms with E-state index in [9.17, 15) is 9.18 Å². The summed E-state index contributed by atoms with van der Waals surface area (Å²) in [5.41, 5.74) is 1.62. The molecule has 2 heterocycles. The first kappa shape index (κ1) is 17.8. The quantitative estimate of drug-likeness (QED) is 0.905. The second kappa shape index (κ2) is 7.89. The summed E-state index contributed by atoms with van der Waals surface area (Å²) in [6, 6.07) is 8.01. The van der Waals surface area contributed by atoms with Gasteiger partial charge in [-0.3, -0.25) is 9.69 Å². The Morgan fingerprint density at radius 1 is 1.32 bits per heavy atom. The maximum absolute atomic E-state index is 12.9. The summed E-state index contributed by atoms with van der Waals surface area (Å²) in [5.74, 6) is 0.490. The number of aromatic nitrogens is 2. The van der Waals surface area contributed by atoms with Crippen LogP contribution < -0.4 is 5.56 Å². The van der Waals surface area contributed by atoms with E-state index in [0.29, 0.717) is 6.61 Å². The number of hydrogen-bond donors (Lipinski definition) is 1. The number of likely N-dealkylation sites (tertiary alicyclic amines) is 1. The van der Waals surface area contributed by atoms with Gasteiger partial charge in [0.1, 0.15) is 11.6 Å². The predicted octanol–water partition coefficient (Wildman–Crippen LogP) is 2.96. The zero-order valence-corrected chi connectivity index (χ0v) is 14.7. The number of benzene rings is 1. The number of piperidine rings is 1. The Morgan fingerprint density at radius 2 is 2.00 bits per heavy atom. The van der Waals surface area contributed by atoms with Crippen molar-refractivity contribution >= 4 is 0 Å². The third-order valence-corrected chi connectivity index (χ3v) is 4.71. The molecule has 1 aromatic carbocycles. The van der Waals surface area contributed by atoms with Gasteiger partial charge in [-0.05, 0) is 44.4 Å². The van der Waals surface area contributed by atoms with Crippen LogP contribution in [-0.4, -0.2) is 34.1 Å². The molecule has 5 nitrogen and oxygen atoms in total. The molecule has 1 fully saturated rings. The number of halogens is 1. The molecule has 0 aliphatic carbocycles. The molecule has 0 amide bonds. The summed E-state index contributed by atoms with van der Waals surface area (Å²) in [7, 11) is 0. The van der Waals surface area contributed by atoms with Crippen molar-refractivity contribution in [3.8, 4) is 0 Å². The highest BCUT2D eigenvalue weighted by molar-refractivity contribution is 5.15. The molecule has 1 N–H and O–H groups in total. The number of ether oxygens (including phenoxy) is 1. The van der Waals surface area contributed by atoms with Crippen LogP contribution in [0.1, 0.15) is 42.9 Å². The molecular formula is C19H24FN3O2. The molecule has 0 spiro atoms. The van der Waals surface area contributed by atoms with E-state index in [1.54, 1.807) is 12.1 Å². The maximum atomic E-state index is 12.9. The van der Waals surface area contributed by atoms with Gasteiger partial charge in [0.25, 0.3) is 5.56 Å². The monoisotopic (exact) mass is 345 g/mol. The fraction of sp³-hybridized carbons (Fsp3) is 0.474. The first-order chi connectivity index (χ1) is 12.0. The fourth-order valence-corrected chi connectivity index (χ4v) is 3.20. The highest BCUT2D eigenvalue weighted by atomic mass is 19.1. The topological polar surface area (TPSA) is 58.2 Å². The van der Waals surface area contributed by atoms with Crippen molar-refractivity contribution in [2.24, 2.45) is 0 Å². The molecule has 0 saturated carbocycles. The smallest absolute Gasteiger partial charge is 0.251 e. The molecule has 2 aromatic rings. The van der Waals surface area contributed by atoms with Gasteiger partial charge in [-0.1, -0.05) is 12.1 Å². The van der Waals surface area contributed by atoms with E-state index in [-0.39, 0.29) is 23.5 Å². The van der Waals surface area contributed by atoms with Crippen LogP contribution in [0.25, 0.3) is 0 Å². The zero-order chi connectivity index (χ0) is 17.8. The fourth-order valence-electron chi connectivity index (χ4n) is 3.20. The molecule has 25 heavy (non-hydrogen) atoms. The average Bonchev–Trinajstić information content (AvgIpc) is 2.60. The van der Waals surface area contributed by atoms with Crippen LogP contribution in [0, 0.1) is 12.7 Å². The van der Waals surface area contributed by atoms with Crippen LogP contribution in [0.15, 0.2) is 35.1 Å². The highest BCUT2D eigenvalue weighted by Crippen LogP contribution is 2.23. The Labute approximate surface area is 146 Å². The average molecular weight is 345 g/mol. The lowest BCUT2D eigenvalue weighted by atomic mass is 10.1. The minimum Gasteiger partial charge on any atom is -0.373 e. The van der Waals surface area contributed by atoms with E-state index in [1.807, 2.05) is 6.92 Å². The number of rotatable bonds is 5. The van der Waals surface area contributed by atoms with Gasteiger partial charge < -0.3 is 9.72 Å². The lowest BCUT2D eigenvalue weighted by molar-refractivity contribution is -0.0105. The summed E-state index contributed by atoms with van der Waals surface area (Å²) < 4.78 is 18.9. The minimum absolute atomic E-state index is 0.0747. The highest BCUT2D eigenvalue weighted by Gasteiger charge is 2.25. The van der Waals surface area contributed by atoms with E-state index in [2.05, 4.69) is 21.8 Å². The lowest BCUT2D eigenvalue weighted by Gasteiger charge is -2.35. The maximum Gasteiger partial charge on any atom is 0.251 e. The van der Waals surface area contributed by atoms with Crippen LogP contribution in [-0.2, 0) is 11.3 Å². The zero-order valence-electron chi connectivity index (χ0n) is 14.7. The van der Waals surface area contributed by atoms with Crippen LogP contribution in [0.3, 0.4) is 0 Å². The number of aryl methyl sites for hydroxylation is 1. The van der Waals surface area contributed by atoms with Crippen molar-refractivity contribution < 1.29 is 9.13 Å². The van der Waals surface area contributed by atoms with Gasteiger partial charge in [-0.25, -0.2) is 9.37 Å². The molecule has 1 aromatic heterocycles. The molecule has 0 radical (unpaired) electrons. The van der Waals surface area contributed by atoms with Crippen molar-refractivity contribution in [1.29, 1.82) is 0 Å². The lowest BCUT2D eigenvalue weighted by Crippen LogP contribution is -2.39. The Morgan fingerprint density at radius 3 is 2.64 bits per heavy atom. The van der Waals surface area contributed by atoms with Crippen LogP contribution in [0.4, 0.5) is 4.39 Å². The summed E-state index contributed by atoms with van der Waals surface area (Å²) in [6.07, 6.45) is 2.07. The summed E-state index contributed by atoms with van der Waals surface area (Å²) in [5, 5.41) is 0. The number of nitrogens with one attached hydrogen (secondary N) is 1. The van der Waals surface area contributed by atoms with Crippen LogP contribution in [0.5, 0.6) is 0 Å². The molecule has 1 saturated heterocycles. The Kier molecular flexibility index (Phi) is 5.60. The van der Waals surface area contributed by atoms with Crippen LogP contribution >= 0.6 is 0 Å². The largest absolute Gasteiger partial charge is 0.373 e. The van der Waals surface area contributed by atoms with Gasteiger partial charge in [0.2, 0.25) is 0 Å². The van der Waals surface area contributed by atoms with Gasteiger partial charge in [0, 0.05) is 24.8 Å². The normalized spacial score (nSPS) is 17.6. The first-order valence-electron chi connectivity index (χ1n) is 8.69. The van der Waals surface area contributed by atoms with Crippen molar-refractivity contribution in [2.45, 2.75) is 45.4 Å². The van der Waals surface area contributed by atoms with Crippen molar-refractivity contribution in [3.05, 3.63) is 63.6 Å². The predicted molar refractivity (Wildman–Crippen MR) is 93.8 cm³/mol. The van der Waals surface area contributed by atoms with Crippen molar-refractivity contribution in [1.82, 2.24) is 14.9 Å². The minimum atomic E-state index is -0.228. The number of aromatic amines is 1. The van der Waals surface area contributed by atoms with E-state index < -0.39 is 0 Å². The van der Waals surface area contributed by atoms with Crippen LogP contribution in [0.2, 0.25) is 0 Å². The standard InChI is InChI=1S/C19H24FN3O2/c1-13-11-18(24)22-19(21-13)14(2)23-9-7-17(8-10-23)25-12-15-3-5-16(20)6-4-15/h3-6,11,14,17H,7-10,12H2,1-2H3,(H,21,22,24)/t14-/m1/s1. The molecule has 0 bridgehead atoms. The summed E-state index contributed by atoms with van der Waals surface area (Å²) in [6.45, 7) is 6.20.